The molecule has 0 aromatic carbocycles. The van der Waals surface area contributed by atoms with E-state index in [4.69, 9.17) is 14.2 Å². The van der Waals surface area contributed by atoms with Crippen molar-refractivity contribution >= 4 is 0 Å². The van der Waals surface area contributed by atoms with Crippen LogP contribution in [-0.2, 0) is 14.2 Å². The van der Waals surface area contributed by atoms with Crippen molar-refractivity contribution in [3.63, 3.8) is 0 Å². The summed E-state index contributed by atoms with van der Waals surface area (Å²) in [7, 11) is 1.68. The molecule has 4 heteroatoms. The largest absolute Gasteiger partial charge is 0.382 e. The molecule has 0 saturated heterocycles. The molecule has 4 nitrogen and oxygen atoms in total. The molecule has 110 valence electrons. The van der Waals surface area contributed by atoms with Crippen LogP contribution in [0.5, 0.6) is 0 Å². The van der Waals surface area contributed by atoms with E-state index in [1.54, 1.807) is 7.11 Å². The zero-order valence-electron chi connectivity index (χ0n) is 12.4. The summed E-state index contributed by atoms with van der Waals surface area (Å²) in [6.45, 7) is 10.1. The zero-order valence-corrected chi connectivity index (χ0v) is 12.4. The Labute approximate surface area is 112 Å². The Morgan fingerprint density at radius 1 is 0.944 bits per heavy atom. The first-order valence-corrected chi connectivity index (χ1v) is 7.20. The molecule has 0 saturated carbocycles. The molecule has 1 atom stereocenters. The van der Waals surface area contributed by atoms with Gasteiger partial charge in [-0.3, -0.25) is 0 Å². The maximum atomic E-state index is 5.56. The van der Waals surface area contributed by atoms with Gasteiger partial charge in [0.25, 0.3) is 0 Å². The first kappa shape index (κ1) is 17.8. The zero-order chi connectivity index (χ0) is 13.5. The van der Waals surface area contributed by atoms with E-state index in [-0.39, 0.29) is 0 Å². The molecule has 0 fully saturated rings. The Morgan fingerprint density at radius 2 is 1.61 bits per heavy atom. The molecule has 0 radical (unpaired) electrons. The van der Waals surface area contributed by atoms with Gasteiger partial charge in [-0.15, -0.1) is 0 Å². The molecular weight excluding hydrogens is 230 g/mol. The number of nitrogens with one attached hydrogen (secondary N) is 1. The molecule has 18 heavy (non-hydrogen) atoms. The van der Waals surface area contributed by atoms with Crippen molar-refractivity contribution in [2.75, 3.05) is 53.2 Å². The van der Waals surface area contributed by atoms with Crippen LogP contribution in [0.15, 0.2) is 0 Å². The summed E-state index contributed by atoms with van der Waals surface area (Å²) in [4.78, 5) is 0. The quantitative estimate of drug-likeness (QED) is 0.486. The fraction of sp³-hybridized carbons (Fsp3) is 1.00. The first-order chi connectivity index (χ1) is 8.85. The molecule has 0 aromatic rings. The smallest absolute Gasteiger partial charge is 0.0701 e. The molecule has 0 spiro atoms. The van der Waals surface area contributed by atoms with Gasteiger partial charge in [0.1, 0.15) is 0 Å². The third-order valence-corrected chi connectivity index (χ3v) is 2.91. The van der Waals surface area contributed by atoms with Crippen molar-refractivity contribution in [2.24, 2.45) is 5.92 Å². The average Bonchev–Trinajstić information content (AvgIpc) is 2.40. The van der Waals surface area contributed by atoms with Gasteiger partial charge in [0.05, 0.1) is 26.4 Å². The van der Waals surface area contributed by atoms with Crippen molar-refractivity contribution in [1.29, 1.82) is 0 Å². The van der Waals surface area contributed by atoms with Crippen molar-refractivity contribution in [1.82, 2.24) is 5.32 Å². The van der Waals surface area contributed by atoms with Gasteiger partial charge < -0.3 is 19.5 Å². The molecule has 1 N–H and O–H groups in total. The minimum Gasteiger partial charge on any atom is -0.382 e. The number of methoxy groups -OCH3 is 1. The minimum atomic E-state index is 0.651. The van der Waals surface area contributed by atoms with Crippen molar-refractivity contribution < 1.29 is 14.2 Å². The highest BCUT2D eigenvalue weighted by molar-refractivity contribution is 4.60. The van der Waals surface area contributed by atoms with Gasteiger partial charge in [0.2, 0.25) is 0 Å². The molecule has 0 aliphatic heterocycles. The molecule has 0 rings (SSSR count). The Morgan fingerprint density at radius 3 is 2.22 bits per heavy atom. The van der Waals surface area contributed by atoms with Crippen LogP contribution in [0.4, 0.5) is 0 Å². The highest BCUT2D eigenvalue weighted by atomic mass is 16.5. The summed E-state index contributed by atoms with van der Waals surface area (Å²) >= 11 is 0. The van der Waals surface area contributed by atoms with Crippen molar-refractivity contribution in [2.45, 2.75) is 33.1 Å². The second-order valence-electron chi connectivity index (χ2n) is 4.48. The van der Waals surface area contributed by atoms with Crippen LogP contribution < -0.4 is 5.32 Å². The lowest BCUT2D eigenvalue weighted by Gasteiger charge is -2.15. The molecule has 0 amide bonds. The minimum absolute atomic E-state index is 0.651. The SMILES string of the molecule is CCCNCC(CC)CCOCCOCCOC. The Balaban J connectivity index is 3.23. The summed E-state index contributed by atoms with van der Waals surface area (Å²) in [5, 5.41) is 3.47. The Bertz CT molecular complexity index is 156. The first-order valence-electron chi connectivity index (χ1n) is 7.20. The van der Waals surface area contributed by atoms with Crippen LogP contribution in [0.2, 0.25) is 0 Å². The normalized spacial score (nSPS) is 12.8. The number of ether oxygens (including phenoxy) is 3. The Kier molecular flexibility index (Phi) is 14.8. The van der Waals surface area contributed by atoms with Gasteiger partial charge in [-0.25, -0.2) is 0 Å². The van der Waals surface area contributed by atoms with E-state index in [0.29, 0.717) is 26.4 Å². The van der Waals surface area contributed by atoms with E-state index in [0.717, 1.165) is 32.0 Å². The van der Waals surface area contributed by atoms with E-state index in [2.05, 4.69) is 19.2 Å². The van der Waals surface area contributed by atoms with Crippen molar-refractivity contribution in [3.8, 4) is 0 Å². The van der Waals surface area contributed by atoms with Crippen molar-refractivity contribution in [3.05, 3.63) is 0 Å². The van der Waals surface area contributed by atoms with Gasteiger partial charge >= 0.3 is 0 Å². The topological polar surface area (TPSA) is 39.7 Å². The van der Waals surface area contributed by atoms with E-state index < -0.39 is 0 Å². The maximum Gasteiger partial charge on any atom is 0.0701 e. The van der Waals surface area contributed by atoms with E-state index in [1.807, 2.05) is 0 Å². The van der Waals surface area contributed by atoms with Crippen LogP contribution in [0, 0.1) is 5.92 Å². The number of hydrogen-bond acceptors (Lipinski definition) is 4. The second-order valence-corrected chi connectivity index (χ2v) is 4.48. The van der Waals surface area contributed by atoms with Crippen LogP contribution in [0.3, 0.4) is 0 Å². The van der Waals surface area contributed by atoms with Gasteiger partial charge in [-0.2, -0.15) is 0 Å². The summed E-state index contributed by atoms with van der Waals surface area (Å²) in [6.07, 6.45) is 3.54. The molecule has 0 heterocycles. The fourth-order valence-corrected chi connectivity index (χ4v) is 1.65. The predicted octanol–water partition coefficient (Wildman–Crippen LogP) is 2.08. The molecule has 1 unspecified atom stereocenters. The summed E-state index contributed by atoms with van der Waals surface area (Å²) in [5.74, 6) is 0.728. The van der Waals surface area contributed by atoms with Crippen LogP contribution in [-0.4, -0.2) is 53.2 Å². The van der Waals surface area contributed by atoms with Crippen LogP contribution in [0.25, 0.3) is 0 Å². The summed E-state index contributed by atoms with van der Waals surface area (Å²) < 4.78 is 15.8. The molecule has 0 aliphatic carbocycles. The summed E-state index contributed by atoms with van der Waals surface area (Å²) in [6, 6.07) is 0. The standard InChI is InChI=1S/C14H31NO3/c1-4-7-15-13-14(5-2)6-8-17-11-12-18-10-9-16-3/h14-15H,4-13H2,1-3H3. The fourth-order valence-electron chi connectivity index (χ4n) is 1.65. The molecule has 0 bridgehead atoms. The van der Waals surface area contributed by atoms with Gasteiger partial charge in [-0.05, 0) is 31.8 Å². The van der Waals surface area contributed by atoms with Gasteiger partial charge in [0.15, 0.2) is 0 Å². The highest BCUT2D eigenvalue weighted by Crippen LogP contribution is 2.06. The number of rotatable bonds is 14. The molecule has 0 aliphatic rings. The van der Waals surface area contributed by atoms with Crippen LogP contribution >= 0.6 is 0 Å². The third kappa shape index (κ3) is 12.3. The lowest BCUT2D eigenvalue weighted by Crippen LogP contribution is -2.24. The van der Waals surface area contributed by atoms with E-state index >= 15 is 0 Å². The Hall–Kier alpha value is -0.160. The van der Waals surface area contributed by atoms with E-state index in [1.165, 1.54) is 12.8 Å². The van der Waals surface area contributed by atoms with E-state index in [9.17, 15) is 0 Å². The van der Waals surface area contributed by atoms with Gasteiger partial charge in [-0.1, -0.05) is 20.3 Å². The lowest BCUT2D eigenvalue weighted by atomic mass is 10.0. The second kappa shape index (κ2) is 14.9. The highest BCUT2D eigenvalue weighted by Gasteiger charge is 2.05. The molecular formula is C14H31NO3. The number of hydrogen-bond donors (Lipinski definition) is 1. The molecule has 0 aromatic heterocycles. The third-order valence-electron chi connectivity index (χ3n) is 2.91. The predicted molar refractivity (Wildman–Crippen MR) is 75.1 cm³/mol. The average molecular weight is 261 g/mol. The monoisotopic (exact) mass is 261 g/mol. The maximum absolute atomic E-state index is 5.56. The van der Waals surface area contributed by atoms with Gasteiger partial charge in [0, 0.05) is 13.7 Å². The summed E-state index contributed by atoms with van der Waals surface area (Å²) in [5.41, 5.74) is 0. The van der Waals surface area contributed by atoms with Crippen LogP contribution in [0.1, 0.15) is 33.1 Å². The lowest BCUT2D eigenvalue weighted by molar-refractivity contribution is 0.0217.